The Morgan fingerprint density at radius 2 is 1.88 bits per heavy atom. The minimum Gasteiger partial charge on any atom is -0.494 e. The molecule has 0 spiro atoms. The van der Waals surface area contributed by atoms with Crippen molar-refractivity contribution >= 4 is 33.3 Å². The lowest BCUT2D eigenvalue weighted by molar-refractivity contribution is -0.118. The Morgan fingerprint density at radius 3 is 2.66 bits per heavy atom. The molecule has 2 aromatic carbocycles. The lowest BCUT2D eigenvalue weighted by atomic mass is 10.1. The lowest BCUT2D eigenvalue weighted by Gasteiger charge is -2.07. The van der Waals surface area contributed by atoms with Crippen molar-refractivity contribution in [2.45, 2.75) is 20.3 Å². The molecule has 0 bridgehead atoms. The minimum atomic E-state index is -0.424. The van der Waals surface area contributed by atoms with E-state index in [1.54, 1.807) is 18.2 Å². The SMILES string of the molecule is CCCOc1ccc(-c2csc(NC(=O)COc3ccc4c(C)cc(=O)oc4c3)n2)cc1. The molecule has 164 valence electrons. The Labute approximate surface area is 188 Å². The summed E-state index contributed by atoms with van der Waals surface area (Å²) in [7, 11) is 0. The van der Waals surface area contributed by atoms with Crippen molar-refractivity contribution in [2.24, 2.45) is 0 Å². The molecule has 1 N–H and O–H groups in total. The number of hydrogen-bond donors (Lipinski definition) is 1. The number of fused-ring (bicyclic) bond motifs is 1. The number of carbonyl (C=O) groups excluding carboxylic acids is 1. The molecule has 0 aliphatic carbocycles. The van der Waals surface area contributed by atoms with Gasteiger partial charge < -0.3 is 13.9 Å². The van der Waals surface area contributed by atoms with Crippen molar-refractivity contribution < 1.29 is 18.7 Å². The number of anilines is 1. The summed E-state index contributed by atoms with van der Waals surface area (Å²) in [6, 6.07) is 14.3. The van der Waals surface area contributed by atoms with Crippen LogP contribution < -0.4 is 20.4 Å². The molecular weight excluding hydrogens is 428 g/mol. The first-order valence-electron chi connectivity index (χ1n) is 10.2. The molecule has 0 aliphatic rings. The zero-order valence-corrected chi connectivity index (χ0v) is 18.5. The summed E-state index contributed by atoms with van der Waals surface area (Å²) in [4.78, 5) is 28.3. The molecule has 1 amide bonds. The molecule has 2 heterocycles. The molecule has 0 radical (unpaired) electrons. The zero-order chi connectivity index (χ0) is 22.5. The highest BCUT2D eigenvalue weighted by Crippen LogP contribution is 2.27. The second-order valence-corrected chi connectivity index (χ2v) is 8.01. The first kappa shape index (κ1) is 21.6. The van der Waals surface area contributed by atoms with E-state index in [1.165, 1.54) is 17.4 Å². The van der Waals surface area contributed by atoms with Gasteiger partial charge in [-0.05, 0) is 55.3 Å². The molecule has 0 saturated carbocycles. The van der Waals surface area contributed by atoms with Crippen LogP contribution in [0.4, 0.5) is 5.13 Å². The Kier molecular flexibility index (Phi) is 6.51. The number of rotatable bonds is 8. The van der Waals surface area contributed by atoms with Crippen LogP contribution >= 0.6 is 11.3 Å². The smallest absolute Gasteiger partial charge is 0.336 e. The zero-order valence-electron chi connectivity index (χ0n) is 17.7. The van der Waals surface area contributed by atoms with Crippen LogP contribution in [0.1, 0.15) is 18.9 Å². The number of aromatic nitrogens is 1. The fraction of sp³-hybridized carbons (Fsp3) is 0.208. The number of nitrogens with zero attached hydrogens (tertiary/aromatic N) is 1. The molecule has 7 nitrogen and oxygen atoms in total. The molecule has 0 atom stereocenters. The molecule has 4 aromatic rings. The second-order valence-electron chi connectivity index (χ2n) is 7.15. The van der Waals surface area contributed by atoms with E-state index in [4.69, 9.17) is 13.9 Å². The Balaban J connectivity index is 1.35. The normalized spacial score (nSPS) is 10.8. The van der Waals surface area contributed by atoms with Gasteiger partial charge in [-0.3, -0.25) is 10.1 Å². The average Bonchev–Trinajstić information content (AvgIpc) is 3.24. The number of thiazole rings is 1. The number of aryl methyl sites for hydroxylation is 1. The first-order valence-corrected chi connectivity index (χ1v) is 11.1. The summed E-state index contributed by atoms with van der Waals surface area (Å²) in [5.41, 5.74) is 2.53. The van der Waals surface area contributed by atoms with E-state index in [9.17, 15) is 9.59 Å². The van der Waals surface area contributed by atoms with Gasteiger partial charge in [-0.15, -0.1) is 11.3 Å². The maximum absolute atomic E-state index is 12.3. The van der Waals surface area contributed by atoms with Gasteiger partial charge in [0.25, 0.3) is 5.91 Å². The molecule has 32 heavy (non-hydrogen) atoms. The van der Waals surface area contributed by atoms with Crippen LogP contribution in [-0.4, -0.2) is 24.1 Å². The van der Waals surface area contributed by atoms with Crippen molar-refractivity contribution in [1.29, 1.82) is 0 Å². The number of nitrogens with one attached hydrogen (secondary N) is 1. The first-order chi connectivity index (χ1) is 15.5. The summed E-state index contributed by atoms with van der Waals surface area (Å²) >= 11 is 1.34. The third-order valence-corrected chi connectivity index (χ3v) is 5.42. The monoisotopic (exact) mass is 450 g/mol. The molecule has 2 aromatic heterocycles. The van der Waals surface area contributed by atoms with Gasteiger partial charge in [-0.25, -0.2) is 9.78 Å². The Morgan fingerprint density at radius 1 is 1.09 bits per heavy atom. The highest BCUT2D eigenvalue weighted by Gasteiger charge is 2.10. The van der Waals surface area contributed by atoms with E-state index in [1.807, 2.05) is 36.6 Å². The van der Waals surface area contributed by atoms with Crippen molar-refractivity contribution in [3.8, 4) is 22.8 Å². The Hall–Kier alpha value is -3.65. The molecule has 0 aliphatic heterocycles. The van der Waals surface area contributed by atoms with Gasteiger partial charge in [-0.2, -0.15) is 0 Å². The topological polar surface area (TPSA) is 90.7 Å². The maximum atomic E-state index is 12.3. The van der Waals surface area contributed by atoms with E-state index < -0.39 is 5.63 Å². The van der Waals surface area contributed by atoms with Gasteiger partial charge in [0.2, 0.25) is 0 Å². The molecular formula is C24H22N2O5S. The fourth-order valence-corrected chi connectivity index (χ4v) is 3.84. The summed E-state index contributed by atoms with van der Waals surface area (Å²) in [6.45, 7) is 4.39. The van der Waals surface area contributed by atoms with Gasteiger partial charge in [-0.1, -0.05) is 6.92 Å². The Bertz CT molecular complexity index is 1290. The summed E-state index contributed by atoms with van der Waals surface area (Å²) < 4.78 is 16.4. The molecule has 8 heteroatoms. The minimum absolute atomic E-state index is 0.195. The highest BCUT2D eigenvalue weighted by molar-refractivity contribution is 7.14. The number of carbonyl (C=O) groups is 1. The third kappa shape index (κ3) is 5.15. The van der Waals surface area contributed by atoms with E-state index in [0.29, 0.717) is 23.1 Å². The van der Waals surface area contributed by atoms with Gasteiger partial charge in [0.1, 0.15) is 17.1 Å². The predicted octanol–water partition coefficient (Wildman–Crippen LogP) is 5.03. The number of benzene rings is 2. The average molecular weight is 451 g/mol. The van der Waals surface area contributed by atoms with Crippen molar-refractivity contribution in [1.82, 2.24) is 4.98 Å². The number of hydrogen-bond acceptors (Lipinski definition) is 7. The summed E-state index contributed by atoms with van der Waals surface area (Å²) in [6.07, 6.45) is 0.956. The maximum Gasteiger partial charge on any atom is 0.336 e. The summed E-state index contributed by atoms with van der Waals surface area (Å²) in [5.74, 6) is 0.922. The molecule has 0 unspecified atom stereocenters. The fourth-order valence-electron chi connectivity index (χ4n) is 3.10. The quantitative estimate of drug-likeness (QED) is 0.379. The van der Waals surface area contributed by atoms with Crippen LogP contribution in [0.15, 0.2) is 63.1 Å². The van der Waals surface area contributed by atoms with E-state index in [2.05, 4.69) is 17.2 Å². The molecule has 4 rings (SSSR count). The lowest BCUT2D eigenvalue weighted by Crippen LogP contribution is -2.20. The van der Waals surface area contributed by atoms with E-state index >= 15 is 0 Å². The van der Waals surface area contributed by atoms with Gasteiger partial charge in [0.05, 0.1) is 12.3 Å². The third-order valence-electron chi connectivity index (χ3n) is 4.67. The van der Waals surface area contributed by atoms with Crippen LogP contribution in [0.2, 0.25) is 0 Å². The predicted molar refractivity (Wildman–Crippen MR) is 125 cm³/mol. The van der Waals surface area contributed by atoms with E-state index in [-0.39, 0.29) is 12.5 Å². The van der Waals surface area contributed by atoms with Crippen LogP contribution in [0.25, 0.3) is 22.2 Å². The van der Waals surface area contributed by atoms with Gasteiger partial charge >= 0.3 is 5.63 Å². The van der Waals surface area contributed by atoms with Crippen LogP contribution in [0, 0.1) is 6.92 Å². The van der Waals surface area contributed by atoms with Crippen LogP contribution in [-0.2, 0) is 4.79 Å². The molecule has 0 saturated heterocycles. The number of ether oxygens (including phenoxy) is 2. The highest BCUT2D eigenvalue weighted by atomic mass is 32.1. The van der Waals surface area contributed by atoms with Gasteiger partial charge in [0.15, 0.2) is 11.7 Å². The standard InChI is InChI=1S/C24H22N2O5S/c1-3-10-29-17-6-4-16(5-7-17)20-14-32-24(25-20)26-22(27)13-30-18-8-9-19-15(2)11-23(28)31-21(19)12-18/h4-9,11-12,14H,3,10,13H2,1-2H3,(H,25,26,27). The van der Waals surface area contributed by atoms with Crippen molar-refractivity contribution in [2.75, 3.05) is 18.5 Å². The van der Waals surface area contributed by atoms with Crippen LogP contribution in [0.5, 0.6) is 11.5 Å². The van der Waals surface area contributed by atoms with E-state index in [0.717, 1.165) is 34.4 Å². The number of amides is 1. The van der Waals surface area contributed by atoms with Gasteiger partial charge in [0, 0.05) is 28.5 Å². The van der Waals surface area contributed by atoms with Crippen molar-refractivity contribution in [3.05, 3.63) is 69.9 Å². The largest absolute Gasteiger partial charge is 0.494 e. The van der Waals surface area contributed by atoms with Crippen molar-refractivity contribution in [3.63, 3.8) is 0 Å². The summed E-state index contributed by atoms with van der Waals surface area (Å²) in [5, 5.41) is 5.93. The van der Waals surface area contributed by atoms with Crippen LogP contribution in [0.3, 0.4) is 0 Å². The molecule has 0 fully saturated rings. The second kappa shape index (κ2) is 9.65.